The lowest BCUT2D eigenvalue weighted by molar-refractivity contribution is 0.184. The zero-order valence-electron chi connectivity index (χ0n) is 13.7. The summed E-state index contributed by atoms with van der Waals surface area (Å²) in [5, 5.41) is 20.2. The molecule has 0 amide bonds. The summed E-state index contributed by atoms with van der Waals surface area (Å²) in [6.07, 6.45) is -1.42. The van der Waals surface area contributed by atoms with Crippen LogP contribution in [0.3, 0.4) is 0 Å². The Morgan fingerprint density at radius 3 is 2.30 bits per heavy atom. The minimum absolute atomic E-state index is 0.00759. The van der Waals surface area contributed by atoms with Gasteiger partial charge in [0.15, 0.2) is 9.84 Å². The molecule has 0 spiro atoms. The number of anilines is 1. The Labute approximate surface area is 166 Å². The average Bonchev–Trinajstić information content (AvgIpc) is 2.82. The van der Waals surface area contributed by atoms with Crippen LogP contribution in [0.2, 0.25) is 10.0 Å². The molecule has 2 aromatic carbocycles. The number of sulfone groups is 1. The number of halogens is 2. The van der Waals surface area contributed by atoms with E-state index in [1.165, 1.54) is 36.4 Å². The molecule has 146 valence electrons. The van der Waals surface area contributed by atoms with E-state index >= 15 is 0 Å². The first-order valence-corrected chi connectivity index (χ1v) is 11.7. The second kappa shape index (κ2) is 7.14. The second-order valence-electron chi connectivity index (χ2n) is 6.11. The molecule has 1 saturated heterocycles. The molecule has 0 saturated carbocycles. The van der Waals surface area contributed by atoms with Crippen LogP contribution in [0.4, 0.5) is 5.69 Å². The van der Waals surface area contributed by atoms with Gasteiger partial charge in [0, 0.05) is 6.07 Å². The number of aliphatic hydroxyl groups excluding tert-OH is 1. The van der Waals surface area contributed by atoms with Crippen LogP contribution >= 0.6 is 23.2 Å². The first kappa shape index (κ1) is 20.2. The third-order valence-electron chi connectivity index (χ3n) is 4.13. The molecular weight excluding hydrogens is 437 g/mol. The van der Waals surface area contributed by atoms with Crippen molar-refractivity contribution in [2.75, 3.05) is 15.8 Å². The van der Waals surface area contributed by atoms with Crippen LogP contribution in [0, 0.1) is 0 Å². The molecule has 3 rings (SSSR count). The molecule has 0 unspecified atom stereocenters. The van der Waals surface area contributed by atoms with Crippen LogP contribution in [-0.4, -0.2) is 50.7 Å². The fourth-order valence-electron chi connectivity index (χ4n) is 2.92. The van der Waals surface area contributed by atoms with Gasteiger partial charge in [-0.3, -0.25) is 4.31 Å². The van der Waals surface area contributed by atoms with Crippen LogP contribution in [0.5, 0.6) is 5.75 Å². The summed E-state index contributed by atoms with van der Waals surface area (Å²) in [6.45, 7) is 0. The van der Waals surface area contributed by atoms with Crippen LogP contribution in [0.25, 0.3) is 0 Å². The van der Waals surface area contributed by atoms with E-state index in [1.807, 2.05) is 0 Å². The molecule has 27 heavy (non-hydrogen) atoms. The third kappa shape index (κ3) is 4.02. The lowest BCUT2D eigenvalue weighted by atomic mass is 10.2. The van der Waals surface area contributed by atoms with Gasteiger partial charge in [-0.05, 0) is 30.3 Å². The van der Waals surface area contributed by atoms with Gasteiger partial charge in [-0.15, -0.1) is 0 Å². The van der Waals surface area contributed by atoms with Gasteiger partial charge in [-0.2, -0.15) is 0 Å². The number of benzene rings is 2. The maximum atomic E-state index is 13.3. The Bertz CT molecular complexity index is 1090. The predicted octanol–water partition coefficient (Wildman–Crippen LogP) is 2.05. The predicted molar refractivity (Wildman–Crippen MR) is 103 cm³/mol. The fourth-order valence-corrected chi connectivity index (χ4v) is 6.85. The van der Waals surface area contributed by atoms with E-state index in [0.717, 1.165) is 10.4 Å². The highest BCUT2D eigenvalue weighted by Gasteiger charge is 2.45. The molecule has 1 aliphatic rings. The zero-order valence-corrected chi connectivity index (χ0v) is 16.8. The van der Waals surface area contributed by atoms with Crippen molar-refractivity contribution < 1.29 is 27.0 Å². The molecular formula is C16H15Cl2NO6S2. The Morgan fingerprint density at radius 1 is 1.04 bits per heavy atom. The van der Waals surface area contributed by atoms with Crippen LogP contribution in [0.1, 0.15) is 0 Å². The smallest absolute Gasteiger partial charge is 0.264 e. The minimum Gasteiger partial charge on any atom is -0.508 e. The van der Waals surface area contributed by atoms with Gasteiger partial charge in [0.25, 0.3) is 10.0 Å². The van der Waals surface area contributed by atoms with Crippen molar-refractivity contribution in [3.63, 3.8) is 0 Å². The highest BCUT2D eigenvalue weighted by Crippen LogP contribution is 2.34. The average molecular weight is 452 g/mol. The van der Waals surface area contributed by atoms with Crippen molar-refractivity contribution in [1.29, 1.82) is 0 Å². The topological polar surface area (TPSA) is 112 Å². The quantitative estimate of drug-likeness (QED) is 0.735. The highest BCUT2D eigenvalue weighted by molar-refractivity contribution is 7.93. The Balaban J connectivity index is 2.19. The molecule has 2 N–H and O–H groups in total. The summed E-state index contributed by atoms with van der Waals surface area (Å²) in [7, 11) is -7.95. The summed E-state index contributed by atoms with van der Waals surface area (Å²) in [4.78, 5) is -0.225. The van der Waals surface area contributed by atoms with Gasteiger partial charge in [-0.25, -0.2) is 16.8 Å². The number of phenolic OH excluding ortho intramolecular Hbond substituents is 1. The molecule has 1 aliphatic heterocycles. The molecule has 0 aromatic heterocycles. The van der Waals surface area contributed by atoms with E-state index < -0.39 is 43.5 Å². The van der Waals surface area contributed by atoms with Gasteiger partial charge < -0.3 is 10.2 Å². The van der Waals surface area contributed by atoms with Crippen molar-refractivity contribution >= 4 is 48.7 Å². The molecule has 0 bridgehead atoms. The Hall–Kier alpha value is -1.52. The van der Waals surface area contributed by atoms with E-state index in [9.17, 15) is 27.0 Å². The zero-order chi connectivity index (χ0) is 20.0. The molecule has 0 aliphatic carbocycles. The summed E-state index contributed by atoms with van der Waals surface area (Å²) in [5.41, 5.74) is 0.0159. The van der Waals surface area contributed by atoms with Crippen LogP contribution < -0.4 is 4.31 Å². The maximum absolute atomic E-state index is 13.3. The van der Waals surface area contributed by atoms with E-state index in [-0.39, 0.29) is 26.4 Å². The van der Waals surface area contributed by atoms with E-state index in [4.69, 9.17) is 23.2 Å². The van der Waals surface area contributed by atoms with Crippen LogP contribution in [-0.2, 0) is 19.9 Å². The van der Waals surface area contributed by atoms with Gasteiger partial charge in [-0.1, -0.05) is 29.3 Å². The number of nitrogens with zero attached hydrogens (tertiary/aromatic N) is 1. The summed E-state index contributed by atoms with van der Waals surface area (Å²) >= 11 is 11.8. The van der Waals surface area contributed by atoms with Crippen LogP contribution in [0.15, 0.2) is 47.4 Å². The highest BCUT2D eigenvalue weighted by atomic mass is 35.5. The molecule has 11 heteroatoms. The lowest BCUT2D eigenvalue weighted by Crippen LogP contribution is -2.47. The SMILES string of the molecule is O=S1(=O)C[C@H](O)[C@@H](N(c2cccc(O)c2)S(=O)(=O)c2ccc(Cl)c(Cl)c2)C1. The normalized spacial score (nSPS) is 21.9. The number of hydrogen-bond donors (Lipinski definition) is 2. The number of phenols is 1. The number of aromatic hydroxyl groups is 1. The monoisotopic (exact) mass is 451 g/mol. The third-order valence-corrected chi connectivity index (χ3v) is 8.41. The minimum atomic E-state index is -4.32. The number of hydrogen-bond acceptors (Lipinski definition) is 6. The Kier molecular flexibility index (Phi) is 5.35. The van der Waals surface area contributed by atoms with E-state index in [2.05, 4.69) is 0 Å². The first-order valence-electron chi connectivity index (χ1n) is 7.68. The van der Waals surface area contributed by atoms with Gasteiger partial charge in [0.05, 0.1) is 44.3 Å². The van der Waals surface area contributed by atoms with Crippen molar-refractivity contribution in [2.45, 2.75) is 17.0 Å². The summed E-state index contributed by atoms with van der Waals surface area (Å²) < 4.78 is 51.3. The van der Waals surface area contributed by atoms with Crippen molar-refractivity contribution in [1.82, 2.24) is 0 Å². The van der Waals surface area contributed by atoms with Gasteiger partial charge >= 0.3 is 0 Å². The number of rotatable bonds is 4. The number of sulfonamides is 1. The largest absolute Gasteiger partial charge is 0.508 e. The van der Waals surface area contributed by atoms with E-state index in [1.54, 1.807) is 0 Å². The molecule has 2 atom stereocenters. The second-order valence-corrected chi connectivity index (χ2v) is 10.9. The first-order chi connectivity index (χ1) is 12.5. The molecule has 1 fully saturated rings. The maximum Gasteiger partial charge on any atom is 0.264 e. The summed E-state index contributed by atoms with van der Waals surface area (Å²) in [5.74, 6) is -1.31. The molecule has 0 radical (unpaired) electrons. The van der Waals surface area contributed by atoms with Gasteiger partial charge in [0.2, 0.25) is 0 Å². The van der Waals surface area contributed by atoms with Crippen molar-refractivity contribution in [3.8, 4) is 5.75 Å². The standard InChI is InChI=1S/C16H15Cl2NO6S2/c17-13-5-4-12(7-14(13)18)27(24,25)19(10-2-1-3-11(20)6-10)15-8-26(22,23)9-16(15)21/h1-7,15-16,20-21H,8-9H2/t15-,16-/m0/s1. The Morgan fingerprint density at radius 2 is 1.74 bits per heavy atom. The lowest BCUT2D eigenvalue weighted by Gasteiger charge is -2.31. The van der Waals surface area contributed by atoms with E-state index in [0.29, 0.717) is 0 Å². The van der Waals surface area contributed by atoms with Crippen molar-refractivity contribution in [2.24, 2.45) is 0 Å². The molecule has 2 aromatic rings. The molecule has 1 heterocycles. The van der Waals surface area contributed by atoms with Crippen molar-refractivity contribution in [3.05, 3.63) is 52.5 Å². The number of aliphatic hydroxyl groups is 1. The van der Waals surface area contributed by atoms with Gasteiger partial charge in [0.1, 0.15) is 5.75 Å². The molecule has 7 nitrogen and oxygen atoms in total. The fraction of sp³-hybridized carbons (Fsp3) is 0.250. The summed E-state index contributed by atoms with van der Waals surface area (Å²) in [6, 6.07) is 7.75.